The Labute approximate surface area is 165 Å². The van der Waals surface area contributed by atoms with Gasteiger partial charge in [0, 0.05) is 11.1 Å². The molecule has 0 saturated carbocycles. The van der Waals surface area contributed by atoms with Crippen LogP contribution in [-0.4, -0.2) is 31.8 Å². The smallest absolute Gasteiger partial charge is 0.387 e. The topological polar surface area (TPSA) is 85.9 Å². The molecule has 0 aliphatic carbocycles. The number of para-hydroxylation sites is 1. The molecular weight excluding hydrogens is 386 g/mol. The molecule has 154 valence electrons. The highest BCUT2D eigenvalue weighted by Gasteiger charge is 2.20. The molecule has 1 aliphatic heterocycles. The van der Waals surface area contributed by atoms with Gasteiger partial charge in [-0.05, 0) is 30.7 Å². The first-order valence-electron chi connectivity index (χ1n) is 8.99. The number of hydrogen-bond acceptors (Lipinski definition) is 5. The Morgan fingerprint density at radius 3 is 2.66 bits per heavy atom. The minimum Gasteiger partial charge on any atom is -0.454 e. The van der Waals surface area contributed by atoms with Crippen LogP contribution in [0.4, 0.5) is 8.78 Å². The summed E-state index contributed by atoms with van der Waals surface area (Å²) in [4.78, 5) is 24.5. The maximum atomic E-state index is 12.6. The number of halogens is 2. The van der Waals surface area contributed by atoms with E-state index in [4.69, 9.17) is 9.47 Å². The number of fused-ring (bicyclic) bond motifs is 1. The van der Waals surface area contributed by atoms with Crippen LogP contribution >= 0.6 is 0 Å². The van der Waals surface area contributed by atoms with Crippen LogP contribution in [-0.2, 0) is 4.79 Å². The second-order valence-corrected chi connectivity index (χ2v) is 6.20. The quantitative estimate of drug-likeness (QED) is 0.704. The van der Waals surface area contributed by atoms with Crippen molar-refractivity contribution in [3.63, 3.8) is 0 Å². The fourth-order valence-electron chi connectivity index (χ4n) is 2.92. The molecule has 9 heteroatoms. The largest absolute Gasteiger partial charge is 0.454 e. The molecule has 0 fully saturated rings. The average Bonchev–Trinajstić information content (AvgIpc) is 3.18. The molecule has 2 amide bonds. The van der Waals surface area contributed by atoms with Crippen LogP contribution < -0.4 is 24.8 Å². The number of carbonyl (C=O) groups is 2. The minimum atomic E-state index is -2.97. The number of ether oxygens (including phenoxy) is 3. The fourth-order valence-corrected chi connectivity index (χ4v) is 2.92. The molecule has 0 saturated heterocycles. The third-order valence-corrected chi connectivity index (χ3v) is 4.30. The van der Waals surface area contributed by atoms with E-state index in [9.17, 15) is 18.4 Å². The summed E-state index contributed by atoms with van der Waals surface area (Å²) in [5.41, 5.74) is 0.760. The highest BCUT2D eigenvalue weighted by molar-refractivity contribution is 5.97. The zero-order valence-corrected chi connectivity index (χ0v) is 15.6. The first-order chi connectivity index (χ1) is 14.0. The normalized spacial score (nSPS) is 13.1. The van der Waals surface area contributed by atoms with Gasteiger partial charge in [0.05, 0.1) is 12.6 Å². The van der Waals surface area contributed by atoms with Crippen LogP contribution in [0.15, 0.2) is 42.5 Å². The monoisotopic (exact) mass is 406 g/mol. The van der Waals surface area contributed by atoms with E-state index in [0.717, 1.165) is 0 Å². The van der Waals surface area contributed by atoms with Crippen LogP contribution in [0.3, 0.4) is 0 Å². The van der Waals surface area contributed by atoms with Gasteiger partial charge >= 0.3 is 6.61 Å². The van der Waals surface area contributed by atoms with Crippen molar-refractivity contribution in [2.24, 2.45) is 0 Å². The van der Waals surface area contributed by atoms with Crippen LogP contribution in [0.2, 0.25) is 0 Å². The molecule has 1 heterocycles. The van der Waals surface area contributed by atoms with Crippen molar-refractivity contribution in [1.82, 2.24) is 10.6 Å². The van der Waals surface area contributed by atoms with E-state index < -0.39 is 24.5 Å². The molecule has 0 radical (unpaired) electrons. The third-order valence-electron chi connectivity index (χ3n) is 4.30. The molecule has 7 nitrogen and oxygen atoms in total. The summed E-state index contributed by atoms with van der Waals surface area (Å²) in [5, 5.41) is 5.24. The van der Waals surface area contributed by atoms with E-state index in [1.165, 1.54) is 12.1 Å². The minimum absolute atomic E-state index is 0.000884. The molecule has 3 rings (SSSR count). The third kappa shape index (κ3) is 5.13. The second-order valence-electron chi connectivity index (χ2n) is 6.20. The Hall–Kier alpha value is -3.36. The summed E-state index contributed by atoms with van der Waals surface area (Å²) < 4.78 is 40.2. The van der Waals surface area contributed by atoms with Crippen molar-refractivity contribution in [2.75, 3.05) is 13.3 Å². The Kier molecular flexibility index (Phi) is 6.48. The lowest BCUT2D eigenvalue weighted by Crippen LogP contribution is -2.38. The number of carbonyl (C=O) groups excluding carboxylic acids is 2. The van der Waals surface area contributed by atoms with Crippen molar-refractivity contribution in [3.8, 4) is 17.2 Å². The SMILES string of the molecule is CCC(NC(=O)CNC(=O)c1ccc2c(c1)OCO2)c1ccccc1OC(F)F. The van der Waals surface area contributed by atoms with Gasteiger partial charge in [0.15, 0.2) is 11.5 Å². The highest BCUT2D eigenvalue weighted by atomic mass is 19.3. The predicted molar refractivity (Wildman–Crippen MR) is 99.1 cm³/mol. The molecule has 2 aromatic rings. The molecule has 1 atom stereocenters. The lowest BCUT2D eigenvalue weighted by atomic mass is 10.0. The molecule has 2 N–H and O–H groups in total. The number of rotatable bonds is 8. The van der Waals surface area contributed by atoms with Crippen LogP contribution in [0, 0.1) is 0 Å². The lowest BCUT2D eigenvalue weighted by molar-refractivity contribution is -0.120. The molecule has 0 spiro atoms. The Morgan fingerprint density at radius 1 is 1.14 bits per heavy atom. The van der Waals surface area contributed by atoms with Crippen molar-refractivity contribution in [3.05, 3.63) is 53.6 Å². The summed E-state index contributed by atoms with van der Waals surface area (Å²) >= 11 is 0. The molecule has 0 bridgehead atoms. The van der Waals surface area contributed by atoms with E-state index in [2.05, 4.69) is 15.4 Å². The van der Waals surface area contributed by atoms with Gasteiger partial charge < -0.3 is 24.8 Å². The van der Waals surface area contributed by atoms with Crippen molar-refractivity contribution >= 4 is 11.8 Å². The van der Waals surface area contributed by atoms with Gasteiger partial charge in [0.1, 0.15) is 5.75 Å². The van der Waals surface area contributed by atoms with Gasteiger partial charge in [0.2, 0.25) is 12.7 Å². The van der Waals surface area contributed by atoms with Gasteiger partial charge in [0.25, 0.3) is 5.91 Å². The first-order valence-corrected chi connectivity index (χ1v) is 8.99. The summed E-state index contributed by atoms with van der Waals surface area (Å²) in [6.45, 7) is -1.35. The number of amides is 2. The van der Waals surface area contributed by atoms with Crippen molar-refractivity contribution < 1.29 is 32.6 Å². The van der Waals surface area contributed by atoms with Crippen molar-refractivity contribution in [2.45, 2.75) is 26.0 Å². The maximum Gasteiger partial charge on any atom is 0.387 e. The standard InChI is InChI=1S/C20H20F2N2O5/c1-2-14(13-5-3-4-6-15(13)29-20(21)22)24-18(25)10-23-19(26)12-7-8-16-17(9-12)28-11-27-16/h3-9,14,20H,2,10-11H2,1H3,(H,23,26)(H,24,25). The van der Waals surface area contributed by atoms with E-state index in [1.807, 2.05) is 0 Å². The Morgan fingerprint density at radius 2 is 1.90 bits per heavy atom. The average molecular weight is 406 g/mol. The highest BCUT2D eigenvalue weighted by Crippen LogP contribution is 2.32. The number of alkyl halides is 2. The van der Waals surface area contributed by atoms with Gasteiger partial charge in [-0.25, -0.2) is 0 Å². The zero-order chi connectivity index (χ0) is 20.8. The molecule has 1 unspecified atom stereocenters. The molecule has 0 aromatic heterocycles. The van der Waals surface area contributed by atoms with Gasteiger partial charge in [-0.3, -0.25) is 9.59 Å². The maximum absolute atomic E-state index is 12.6. The molecule has 2 aromatic carbocycles. The van der Waals surface area contributed by atoms with E-state index in [1.54, 1.807) is 37.3 Å². The van der Waals surface area contributed by atoms with E-state index >= 15 is 0 Å². The van der Waals surface area contributed by atoms with Crippen LogP contribution in [0.25, 0.3) is 0 Å². The summed E-state index contributed by atoms with van der Waals surface area (Å²) in [6, 6.07) is 10.4. The van der Waals surface area contributed by atoms with Gasteiger partial charge in [-0.15, -0.1) is 0 Å². The van der Waals surface area contributed by atoms with Gasteiger partial charge in [-0.1, -0.05) is 25.1 Å². The second kappa shape index (κ2) is 9.22. The lowest BCUT2D eigenvalue weighted by Gasteiger charge is -2.20. The van der Waals surface area contributed by atoms with Gasteiger partial charge in [-0.2, -0.15) is 8.78 Å². The van der Waals surface area contributed by atoms with E-state index in [-0.39, 0.29) is 19.1 Å². The number of hydrogen-bond donors (Lipinski definition) is 2. The predicted octanol–water partition coefficient (Wildman–Crippen LogP) is 3.01. The first kappa shape index (κ1) is 20.4. The summed E-state index contributed by atoms with van der Waals surface area (Å²) in [6.07, 6.45) is 0.450. The molecule has 29 heavy (non-hydrogen) atoms. The fraction of sp³-hybridized carbons (Fsp3) is 0.300. The Bertz CT molecular complexity index is 891. The summed E-state index contributed by atoms with van der Waals surface area (Å²) in [5.74, 6) is 0.100. The number of benzene rings is 2. The van der Waals surface area contributed by atoms with Crippen LogP contribution in [0.5, 0.6) is 17.2 Å². The van der Waals surface area contributed by atoms with Crippen molar-refractivity contribution in [1.29, 1.82) is 0 Å². The summed E-state index contributed by atoms with van der Waals surface area (Å²) in [7, 11) is 0. The molecule has 1 aliphatic rings. The Balaban J connectivity index is 1.59. The van der Waals surface area contributed by atoms with Crippen LogP contribution in [0.1, 0.15) is 35.3 Å². The zero-order valence-electron chi connectivity index (χ0n) is 15.6. The molecular formula is C20H20F2N2O5. The van der Waals surface area contributed by atoms with E-state index in [0.29, 0.717) is 29.0 Å². The number of nitrogens with one attached hydrogen (secondary N) is 2.